The molecule has 0 aliphatic heterocycles. The molecule has 4 rings (SSSR count). The molecule has 3 heterocycles. The molecule has 4 aromatic rings. The van der Waals surface area contributed by atoms with Crippen molar-refractivity contribution < 1.29 is 0 Å². The Bertz CT molecular complexity index is 1200. The smallest absolute Gasteiger partial charge is 0.259 e. The Hall–Kier alpha value is -2.25. The molecule has 0 bridgehead atoms. The predicted octanol–water partition coefficient (Wildman–Crippen LogP) is 4.71. The van der Waals surface area contributed by atoms with E-state index >= 15 is 0 Å². The van der Waals surface area contributed by atoms with Gasteiger partial charge in [0.05, 0.1) is 16.2 Å². The molecule has 7 heteroatoms. The average molecular weight is 383 g/mol. The molecule has 1 aromatic carbocycles. The van der Waals surface area contributed by atoms with E-state index in [4.69, 9.17) is 4.98 Å². The molecule has 0 saturated heterocycles. The maximum Gasteiger partial charge on any atom is 0.259 e. The second kappa shape index (κ2) is 6.48. The van der Waals surface area contributed by atoms with E-state index in [-0.39, 0.29) is 10.8 Å². The molecular formula is C19H18N4OS2. The lowest BCUT2D eigenvalue weighted by molar-refractivity contribution is 0.917. The summed E-state index contributed by atoms with van der Waals surface area (Å²) >= 11 is 3.16. The van der Waals surface area contributed by atoms with Crippen molar-refractivity contribution in [2.24, 2.45) is 0 Å². The van der Waals surface area contributed by atoms with Gasteiger partial charge in [0, 0.05) is 10.3 Å². The number of thiophene rings is 1. The zero-order chi connectivity index (χ0) is 18.4. The largest absolute Gasteiger partial charge is 0.309 e. The summed E-state index contributed by atoms with van der Waals surface area (Å²) < 4.78 is 0. The van der Waals surface area contributed by atoms with Gasteiger partial charge >= 0.3 is 0 Å². The first-order chi connectivity index (χ1) is 12.4. The summed E-state index contributed by atoms with van der Waals surface area (Å²) in [5.74, 6) is 1.41. The molecule has 1 atom stereocenters. The van der Waals surface area contributed by atoms with Crippen LogP contribution in [0, 0.1) is 20.8 Å². The molecule has 0 fully saturated rings. The standard InChI is InChI=1S/C19H18N4OS2/c1-9-10(2)25-19-15(9)17(24)22-16(23-19)11(3)26-18-13-7-5-6-8-14(13)20-12(4)21-18/h5-8,11H,1-4H3,(H,22,23,24). The first kappa shape index (κ1) is 17.2. The molecule has 0 saturated carbocycles. The van der Waals surface area contributed by atoms with Crippen molar-refractivity contribution in [3.05, 3.63) is 56.7 Å². The molecule has 0 aliphatic rings. The number of aryl methyl sites for hydroxylation is 3. The molecule has 1 unspecified atom stereocenters. The van der Waals surface area contributed by atoms with Crippen LogP contribution in [-0.4, -0.2) is 19.9 Å². The number of rotatable bonds is 3. The van der Waals surface area contributed by atoms with Crippen molar-refractivity contribution in [2.75, 3.05) is 0 Å². The highest BCUT2D eigenvalue weighted by Gasteiger charge is 2.18. The van der Waals surface area contributed by atoms with Gasteiger partial charge in [0.25, 0.3) is 5.56 Å². The maximum atomic E-state index is 12.5. The van der Waals surface area contributed by atoms with E-state index in [2.05, 4.69) is 15.0 Å². The second-order valence-corrected chi connectivity index (χ2v) is 8.80. The first-order valence-electron chi connectivity index (χ1n) is 8.34. The quantitative estimate of drug-likeness (QED) is 0.410. The van der Waals surface area contributed by atoms with Gasteiger partial charge in [-0.25, -0.2) is 15.0 Å². The predicted molar refractivity (Wildman–Crippen MR) is 108 cm³/mol. The van der Waals surface area contributed by atoms with Gasteiger partial charge in [-0.3, -0.25) is 4.79 Å². The minimum Gasteiger partial charge on any atom is -0.309 e. The minimum absolute atomic E-state index is 0.0347. The van der Waals surface area contributed by atoms with E-state index in [1.807, 2.05) is 52.0 Å². The monoisotopic (exact) mass is 382 g/mol. The Morgan fingerprint density at radius 1 is 1.12 bits per heavy atom. The lowest BCUT2D eigenvalue weighted by Gasteiger charge is -2.12. The maximum absolute atomic E-state index is 12.5. The van der Waals surface area contributed by atoms with Gasteiger partial charge < -0.3 is 4.98 Å². The van der Waals surface area contributed by atoms with Gasteiger partial charge in [-0.1, -0.05) is 30.0 Å². The summed E-state index contributed by atoms with van der Waals surface area (Å²) in [6, 6.07) is 7.97. The number of benzene rings is 1. The Morgan fingerprint density at radius 2 is 1.88 bits per heavy atom. The number of hydrogen-bond donors (Lipinski definition) is 1. The van der Waals surface area contributed by atoms with Crippen molar-refractivity contribution >= 4 is 44.2 Å². The molecular weight excluding hydrogens is 364 g/mol. The number of H-pyrrole nitrogens is 1. The van der Waals surface area contributed by atoms with Crippen molar-refractivity contribution in [1.82, 2.24) is 19.9 Å². The fourth-order valence-electron chi connectivity index (χ4n) is 2.94. The van der Waals surface area contributed by atoms with Crippen LogP contribution in [0.5, 0.6) is 0 Å². The summed E-state index contributed by atoms with van der Waals surface area (Å²) in [6.45, 7) is 7.92. The number of hydrogen-bond acceptors (Lipinski definition) is 6. The lowest BCUT2D eigenvalue weighted by atomic mass is 10.2. The molecule has 26 heavy (non-hydrogen) atoms. The molecule has 0 amide bonds. The van der Waals surface area contributed by atoms with E-state index in [1.54, 1.807) is 23.1 Å². The van der Waals surface area contributed by atoms with Gasteiger partial charge in [0.2, 0.25) is 0 Å². The molecule has 132 valence electrons. The van der Waals surface area contributed by atoms with E-state index in [1.165, 1.54) is 0 Å². The number of para-hydroxylation sites is 1. The van der Waals surface area contributed by atoms with Crippen molar-refractivity contribution in [2.45, 2.75) is 38.0 Å². The molecule has 5 nitrogen and oxygen atoms in total. The Morgan fingerprint density at radius 3 is 2.69 bits per heavy atom. The third-order valence-electron chi connectivity index (χ3n) is 4.41. The normalized spacial score (nSPS) is 12.8. The number of aromatic amines is 1. The Kier molecular flexibility index (Phi) is 4.28. The zero-order valence-corrected chi connectivity index (χ0v) is 16.6. The van der Waals surface area contributed by atoms with Crippen LogP contribution >= 0.6 is 23.1 Å². The van der Waals surface area contributed by atoms with E-state index in [0.29, 0.717) is 11.2 Å². The van der Waals surface area contributed by atoms with Gasteiger partial charge in [0.1, 0.15) is 21.5 Å². The van der Waals surface area contributed by atoms with Crippen LogP contribution in [-0.2, 0) is 0 Å². The van der Waals surface area contributed by atoms with Crippen LogP contribution in [0.1, 0.15) is 34.3 Å². The zero-order valence-electron chi connectivity index (χ0n) is 15.0. The number of fused-ring (bicyclic) bond motifs is 2. The molecule has 1 N–H and O–H groups in total. The van der Waals surface area contributed by atoms with E-state index in [0.717, 1.165) is 37.0 Å². The summed E-state index contributed by atoms with van der Waals surface area (Å²) in [5, 5.41) is 2.59. The lowest BCUT2D eigenvalue weighted by Crippen LogP contribution is -2.12. The number of thioether (sulfide) groups is 1. The Labute approximate surface area is 158 Å². The number of nitrogens with one attached hydrogen (secondary N) is 1. The van der Waals surface area contributed by atoms with Gasteiger partial charge in [-0.15, -0.1) is 11.3 Å². The summed E-state index contributed by atoms with van der Waals surface area (Å²) in [5.41, 5.74) is 1.88. The SMILES string of the molecule is Cc1nc(SC(C)c2nc3sc(C)c(C)c3c(=O)[nH]2)c2ccccc2n1. The topological polar surface area (TPSA) is 71.5 Å². The summed E-state index contributed by atoms with van der Waals surface area (Å²) in [7, 11) is 0. The molecule has 3 aromatic heterocycles. The summed E-state index contributed by atoms with van der Waals surface area (Å²) in [4.78, 5) is 31.2. The van der Waals surface area contributed by atoms with Gasteiger partial charge in [-0.2, -0.15) is 0 Å². The fourth-order valence-corrected chi connectivity index (χ4v) is 5.02. The van der Waals surface area contributed by atoms with Crippen molar-refractivity contribution in [3.8, 4) is 0 Å². The van der Waals surface area contributed by atoms with Crippen LogP contribution in [0.25, 0.3) is 21.1 Å². The number of aromatic nitrogens is 4. The minimum atomic E-state index is -0.0666. The second-order valence-electron chi connectivity index (χ2n) is 6.27. The molecule has 0 spiro atoms. The van der Waals surface area contributed by atoms with Crippen LogP contribution in [0.4, 0.5) is 0 Å². The molecule has 0 aliphatic carbocycles. The first-order valence-corrected chi connectivity index (χ1v) is 10.0. The average Bonchev–Trinajstić information content (AvgIpc) is 2.89. The number of nitrogens with zero attached hydrogens (tertiary/aromatic N) is 3. The molecule has 0 radical (unpaired) electrons. The third kappa shape index (κ3) is 2.91. The fraction of sp³-hybridized carbons (Fsp3) is 0.263. The Balaban J connectivity index is 1.77. The van der Waals surface area contributed by atoms with Crippen LogP contribution in [0.3, 0.4) is 0 Å². The van der Waals surface area contributed by atoms with Crippen molar-refractivity contribution in [3.63, 3.8) is 0 Å². The highest BCUT2D eigenvalue weighted by Crippen LogP contribution is 2.36. The van der Waals surface area contributed by atoms with Crippen LogP contribution < -0.4 is 5.56 Å². The van der Waals surface area contributed by atoms with Gasteiger partial charge in [0.15, 0.2) is 0 Å². The van der Waals surface area contributed by atoms with E-state index < -0.39 is 0 Å². The van der Waals surface area contributed by atoms with Crippen LogP contribution in [0.15, 0.2) is 34.1 Å². The van der Waals surface area contributed by atoms with E-state index in [9.17, 15) is 4.79 Å². The van der Waals surface area contributed by atoms with Crippen molar-refractivity contribution in [1.29, 1.82) is 0 Å². The third-order valence-corrected chi connectivity index (χ3v) is 6.62. The summed E-state index contributed by atoms with van der Waals surface area (Å²) in [6.07, 6.45) is 0. The van der Waals surface area contributed by atoms with Gasteiger partial charge in [-0.05, 0) is 39.3 Å². The van der Waals surface area contributed by atoms with Crippen LogP contribution in [0.2, 0.25) is 0 Å². The highest BCUT2D eigenvalue weighted by molar-refractivity contribution is 7.99. The highest BCUT2D eigenvalue weighted by atomic mass is 32.2.